The van der Waals surface area contributed by atoms with E-state index in [0.29, 0.717) is 6.07 Å². The van der Waals surface area contributed by atoms with Crippen LogP contribution in [0.25, 0.3) is 0 Å². The number of ether oxygens (including phenoxy) is 1. The predicted molar refractivity (Wildman–Crippen MR) is 98.4 cm³/mol. The molecule has 0 N–H and O–H groups in total. The number of hydrogen-bond acceptors (Lipinski definition) is 8. The largest absolute Gasteiger partial charge is 0.444 e. The van der Waals surface area contributed by atoms with E-state index in [9.17, 15) is 33.4 Å². The van der Waals surface area contributed by atoms with Gasteiger partial charge in [0.2, 0.25) is 10.0 Å². The van der Waals surface area contributed by atoms with Crippen molar-refractivity contribution in [1.29, 1.82) is 0 Å². The van der Waals surface area contributed by atoms with E-state index in [1.807, 2.05) is 0 Å². The van der Waals surface area contributed by atoms with E-state index in [0.717, 1.165) is 16.4 Å². The average Bonchev–Trinajstić information content (AvgIpc) is 2.56. The van der Waals surface area contributed by atoms with Gasteiger partial charge in [0, 0.05) is 33.3 Å². The van der Waals surface area contributed by atoms with Gasteiger partial charge < -0.3 is 9.64 Å². The van der Waals surface area contributed by atoms with E-state index >= 15 is 0 Å². The molecule has 1 amide bonds. The first-order chi connectivity index (χ1) is 12.7. The highest BCUT2D eigenvalue weighted by molar-refractivity contribution is 7.89. The summed E-state index contributed by atoms with van der Waals surface area (Å²) >= 11 is 0. The van der Waals surface area contributed by atoms with Crippen molar-refractivity contribution in [1.82, 2.24) is 9.21 Å². The topological polar surface area (TPSA) is 153 Å². The quantitative estimate of drug-likeness (QED) is 0.481. The Kier molecular flexibility index (Phi) is 7.04. The van der Waals surface area contributed by atoms with Crippen molar-refractivity contribution in [3.63, 3.8) is 0 Å². The summed E-state index contributed by atoms with van der Waals surface area (Å²) in [6.45, 7) is 4.84. The van der Waals surface area contributed by atoms with E-state index in [1.54, 1.807) is 20.8 Å². The zero-order chi connectivity index (χ0) is 21.9. The number of amides is 1. The van der Waals surface area contributed by atoms with Crippen LogP contribution in [0.5, 0.6) is 0 Å². The third-order valence-corrected chi connectivity index (χ3v) is 5.40. The minimum absolute atomic E-state index is 0.0363. The summed E-state index contributed by atoms with van der Waals surface area (Å²) in [6.07, 6.45) is -0.653. The van der Waals surface area contributed by atoms with Gasteiger partial charge in [-0.3, -0.25) is 20.2 Å². The minimum Gasteiger partial charge on any atom is -0.444 e. The molecule has 0 aliphatic carbocycles. The Morgan fingerprint density at radius 1 is 1.11 bits per heavy atom. The lowest BCUT2D eigenvalue weighted by atomic mass is 10.2. The number of hydrogen-bond donors (Lipinski definition) is 0. The molecule has 0 atom stereocenters. The fourth-order valence-electron chi connectivity index (χ4n) is 1.99. The van der Waals surface area contributed by atoms with Crippen LogP contribution in [0, 0.1) is 20.2 Å². The zero-order valence-corrected chi connectivity index (χ0v) is 16.9. The molecule has 156 valence electrons. The lowest BCUT2D eigenvalue weighted by Gasteiger charge is -2.26. The molecule has 0 fully saturated rings. The third kappa shape index (κ3) is 5.85. The number of benzene rings is 1. The molecule has 0 unspecified atom stereocenters. The van der Waals surface area contributed by atoms with Crippen molar-refractivity contribution in [3.05, 3.63) is 38.4 Å². The summed E-state index contributed by atoms with van der Waals surface area (Å²) in [4.78, 5) is 32.5. The highest BCUT2D eigenvalue weighted by atomic mass is 32.2. The standard InChI is InChI=1S/C15H22N4O8S/c1-15(2,3)27-14(20)16(4)8-9-17(5)28(25,26)13-7-6-11(18(21)22)10-12(13)19(23)24/h6-7,10H,8-9H2,1-5H3. The average molecular weight is 418 g/mol. The number of rotatable bonds is 7. The van der Waals surface area contributed by atoms with E-state index in [-0.39, 0.29) is 13.1 Å². The van der Waals surface area contributed by atoms with Crippen LogP contribution >= 0.6 is 0 Å². The molecule has 13 heteroatoms. The summed E-state index contributed by atoms with van der Waals surface area (Å²) in [6, 6.07) is 2.29. The van der Waals surface area contributed by atoms with Crippen LogP contribution in [0.3, 0.4) is 0 Å². The molecule has 12 nitrogen and oxygen atoms in total. The molecule has 0 aromatic heterocycles. The Morgan fingerprint density at radius 3 is 2.14 bits per heavy atom. The maximum Gasteiger partial charge on any atom is 0.410 e. The van der Waals surface area contributed by atoms with E-state index < -0.39 is 47.8 Å². The van der Waals surface area contributed by atoms with Crippen LogP contribution in [0.1, 0.15) is 20.8 Å². The molecule has 1 aromatic carbocycles. The Hall–Kier alpha value is -2.80. The third-order valence-electron chi connectivity index (χ3n) is 3.49. The van der Waals surface area contributed by atoms with Crippen molar-refractivity contribution in [2.75, 3.05) is 27.2 Å². The zero-order valence-electron chi connectivity index (χ0n) is 16.1. The molecule has 28 heavy (non-hydrogen) atoms. The van der Waals surface area contributed by atoms with Gasteiger partial charge in [0.15, 0.2) is 4.90 Å². The molecule has 0 radical (unpaired) electrons. The smallest absolute Gasteiger partial charge is 0.410 e. The number of non-ortho nitro benzene ring substituents is 1. The van der Waals surface area contributed by atoms with Crippen molar-refractivity contribution in [2.24, 2.45) is 0 Å². The predicted octanol–water partition coefficient (Wildman–Crippen LogP) is 1.99. The normalized spacial score (nSPS) is 11.9. The molecule has 0 heterocycles. The molecule has 1 aromatic rings. The summed E-state index contributed by atoms with van der Waals surface area (Å²) in [7, 11) is -1.72. The summed E-state index contributed by atoms with van der Waals surface area (Å²) < 4.78 is 31.3. The van der Waals surface area contributed by atoms with E-state index in [2.05, 4.69) is 0 Å². The highest BCUT2D eigenvalue weighted by Gasteiger charge is 2.32. The van der Waals surface area contributed by atoms with Crippen LogP contribution in [0.2, 0.25) is 0 Å². The summed E-state index contributed by atoms with van der Waals surface area (Å²) in [5.41, 5.74) is -2.22. The van der Waals surface area contributed by atoms with Gasteiger partial charge in [0.1, 0.15) is 5.60 Å². The lowest BCUT2D eigenvalue weighted by molar-refractivity contribution is -0.396. The fraction of sp³-hybridized carbons (Fsp3) is 0.533. The molecule has 0 saturated heterocycles. The second-order valence-electron chi connectivity index (χ2n) is 6.89. The number of carbonyl (C=O) groups is 1. The highest BCUT2D eigenvalue weighted by Crippen LogP contribution is 2.30. The van der Waals surface area contributed by atoms with Crippen LogP contribution in [0.4, 0.5) is 16.2 Å². The minimum atomic E-state index is -4.32. The van der Waals surface area contributed by atoms with Gasteiger partial charge in [0.25, 0.3) is 11.4 Å². The maximum atomic E-state index is 12.7. The van der Waals surface area contributed by atoms with Crippen LogP contribution < -0.4 is 0 Å². The molecule has 0 saturated carbocycles. The van der Waals surface area contributed by atoms with Crippen molar-refractivity contribution in [3.8, 4) is 0 Å². The number of nitrogens with zero attached hydrogens (tertiary/aromatic N) is 4. The Bertz CT molecular complexity index is 879. The van der Waals surface area contributed by atoms with E-state index in [4.69, 9.17) is 4.74 Å². The molecule has 0 spiro atoms. The van der Waals surface area contributed by atoms with Crippen molar-refractivity contribution in [2.45, 2.75) is 31.3 Å². The molecule has 0 bridgehead atoms. The van der Waals surface area contributed by atoms with Crippen molar-refractivity contribution < 1.29 is 27.8 Å². The van der Waals surface area contributed by atoms with Crippen LogP contribution in [-0.2, 0) is 14.8 Å². The number of nitro benzene ring substituents is 2. The SMILES string of the molecule is CN(CCN(C)S(=O)(=O)c1ccc([N+](=O)[O-])cc1[N+](=O)[O-])C(=O)OC(C)(C)C. The van der Waals surface area contributed by atoms with Crippen molar-refractivity contribution >= 4 is 27.5 Å². The van der Waals surface area contributed by atoms with Gasteiger partial charge in [-0.25, -0.2) is 13.2 Å². The van der Waals surface area contributed by atoms with Gasteiger partial charge in [0.05, 0.1) is 15.9 Å². The Balaban J connectivity index is 3.02. The first kappa shape index (κ1) is 23.2. The fourth-order valence-corrected chi connectivity index (χ4v) is 3.29. The van der Waals surface area contributed by atoms with Gasteiger partial charge in [-0.1, -0.05) is 0 Å². The number of nitro groups is 2. The van der Waals surface area contributed by atoms with Gasteiger partial charge in [-0.15, -0.1) is 0 Å². The first-order valence-electron chi connectivity index (χ1n) is 8.00. The van der Waals surface area contributed by atoms with Crippen LogP contribution in [0.15, 0.2) is 23.1 Å². The Labute approximate surface area is 162 Å². The van der Waals surface area contributed by atoms with Gasteiger partial charge >= 0.3 is 6.09 Å². The monoisotopic (exact) mass is 418 g/mol. The molecular formula is C15H22N4O8S. The van der Waals surface area contributed by atoms with E-state index in [1.165, 1.54) is 19.0 Å². The second kappa shape index (κ2) is 8.48. The molecule has 0 aliphatic rings. The molecular weight excluding hydrogens is 396 g/mol. The second-order valence-corrected chi connectivity index (χ2v) is 8.91. The molecule has 1 rings (SSSR count). The van der Waals surface area contributed by atoms with Crippen LogP contribution in [-0.4, -0.2) is 66.3 Å². The lowest BCUT2D eigenvalue weighted by Crippen LogP contribution is -2.40. The first-order valence-corrected chi connectivity index (χ1v) is 9.44. The number of likely N-dealkylation sites (N-methyl/N-ethyl adjacent to an activating group) is 2. The molecule has 0 aliphatic heterocycles. The van der Waals surface area contributed by atoms with Gasteiger partial charge in [-0.2, -0.15) is 4.31 Å². The summed E-state index contributed by atoms with van der Waals surface area (Å²) in [5.74, 6) is 0. The maximum absolute atomic E-state index is 12.7. The Morgan fingerprint density at radius 2 is 1.68 bits per heavy atom. The summed E-state index contributed by atoms with van der Waals surface area (Å²) in [5, 5.41) is 22.0. The number of carbonyl (C=O) groups excluding carboxylic acids is 1. The van der Waals surface area contributed by atoms with Gasteiger partial charge in [-0.05, 0) is 26.8 Å². The number of sulfonamides is 1.